The summed E-state index contributed by atoms with van der Waals surface area (Å²) in [7, 11) is 4.13. The molecule has 0 saturated heterocycles. The van der Waals surface area contributed by atoms with Crippen LogP contribution in [-0.4, -0.2) is 30.3 Å². The molecule has 2 rings (SSSR count). The van der Waals surface area contributed by atoms with Crippen molar-refractivity contribution < 1.29 is 4.79 Å². The van der Waals surface area contributed by atoms with Crippen molar-refractivity contribution in [3.8, 4) is 0 Å². The third-order valence-corrected chi connectivity index (χ3v) is 3.98. The average Bonchev–Trinajstić information content (AvgIpc) is 2.82. The molecule has 80 valence electrons. The minimum absolute atomic E-state index is 0.0808. The lowest BCUT2D eigenvalue weighted by molar-refractivity contribution is -0.129. The van der Waals surface area contributed by atoms with E-state index in [1.807, 2.05) is 0 Å². The normalized spacial score (nSPS) is 25.6. The van der Waals surface area contributed by atoms with Crippen molar-refractivity contribution in [1.82, 2.24) is 4.90 Å². The van der Waals surface area contributed by atoms with E-state index >= 15 is 0 Å². The lowest BCUT2D eigenvalue weighted by Gasteiger charge is -2.34. The Kier molecular flexibility index (Phi) is 2.65. The van der Waals surface area contributed by atoms with Crippen molar-refractivity contribution in [2.75, 3.05) is 14.1 Å². The second kappa shape index (κ2) is 3.65. The number of carbonyl (C=O) groups excluding carboxylic acids is 1. The van der Waals surface area contributed by atoms with Crippen LogP contribution in [0.15, 0.2) is 0 Å². The van der Waals surface area contributed by atoms with Gasteiger partial charge in [0.05, 0.1) is 5.54 Å². The molecule has 0 heterocycles. The lowest BCUT2D eigenvalue weighted by Crippen LogP contribution is -2.48. The molecule has 2 aliphatic rings. The van der Waals surface area contributed by atoms with Crippen LogP contribution in [0.4, 0.5) is 0 Å². The molecule has 0 aromatic rings. The smallest absolute Gasteiger partial charge is 0.153 e. The predicted octanol–water partition coefficient (Wildman–Crippen LogP) is 2.23. The Morgan fingerprint density at radius 2 is 1.86 bits per heavy atom. The van der Waals surface area contributed by atoms with Gasteiger partial charge in [-0.1, -0.05) is 12.8 Å². The summed E-state index contributed by atoms with van der Waals surface area (Å²) < 4.78 is 0. The number of carbonyl (C=O) groups is 1. The fraction of sp³-hybridized carbons (Fsp3) is 0.917. The molecular weight excluding hydrogens is 174 g/mol. The zero-order valence-electron chi connectivity index (χ0n) is 9.38. The molecule has 2 fully saturated rings. The quantitative estimate of drug-likeness (QED) is 0.685. The van der Waals surface area contributed by atoms with Crippen LogP contribution in [0.3, 0.4) is 0 Å². The van der Waals surface area contributed by atoms with E-state index < -0.39 is 0 Å². The SMILES string of the molecule is CN(C)C1(C(=O)CC2CC2)CCCC1. The monoisotopic (exact) mass is 195 g/mol. The molecule has 0 aromatic heterocycles. The highest BCUT2D eigenvalue weighted by Crippen LogP contribution is 2.40. The highest BCUT2D eigenvalue weighted by Gasteiger charge is 2.44. The van der Waals surface area contributed by atoms with Crippen LogP contribution in [0.2, 0.25) is 0 Å². The first-order valence-electron chi connectivity index (χ1n) is 5.86. The Bertz CT molecular complexity index is 224. The fourth-order valence-corrected chi connectivity index (χ4v) is 2.71. The van der Waals surface area contributed by atoms with Gasteiger partial charge in [-0.15, -0.1) is 0 Å². The maximum atomic E-state index is 12.2. The molecule has 2 aliphatic carbocycles. The molecule has 2 saturated carbocycles. The molecule has 2 heteroatoms. The van der Waals surface area contributed by atoms with E-state index in [1.54, 1.807) is 0 Å². The fourth-order valence-electron chi connectivity index (χ4n) is 2.71. The number of ketones is 1. The summed E-state index contributed by atoms with van der Waals surface area (Å²) in [4.78, 5) is 14.4. The molecule has 0 bridgehead atoms. The van der Waals surface area contributed by atoms with Crippen molar-refractivity contribution in [1.29, 1.82) is 0 Å². The summed E-state index contributed by atoms with van der Waals surface area (Å²) >= 11 is 0. The summed E-state index contributed by atoms with van der Waals surface area (Å²) in [5, 5.41) is 0. The minimum atomic E-state index is -0.0808. The molecule has 0 N–H and O–H groups in total. The zero-order chi connectivity index (χ0) is 10.2. The third-order valence-electron chi connectivity index (χ3n) is 3.98. The van der Waals surface area contributed by atoms with Gasteiger partial charge in [0, 0.05) is 6.42 Å². The summed E-state index contributed by atoms with van der Waals surface area (Å²) in [6, 6.07) is 0. The van der Waals surface area contributed by atoms with E-state index in [-0.39, 0.29) is 5.54 Å². The van der Waals surface area contributed by atoms with Crippen LogP contribution in [-0.2, 0) is 4.79 Å². The number of Topliss-reactive ketones (excluding diaryl/α,β-unsaturated/α-hetero) is 1. The standard InChI is InChI=1S/C12H21NO/c1-13(2)12(7-3-4-8-12)11(14)9-10-5-6-10/h10H,3-9H2,1-2H3. The van der Waals surface area contributed by atoms with Gasteiger partial charge in [-0.3, -0.25) is 9.69 Å². The predicted molar refractivity (Wildman–Crippen MR) is 57.2 cm³/mol. The van der Waals surface area contributed by atoms with Gasteiger partial charge >= 0.3 is 0 Å². The van der Waals surface area contributed by atoms with Crippen molar-refractivity contribution in [2.45, 2.75) is 50.5 Å². The van der Waals surface area contributed by atoms with Gasteiger partial charge in [0.1, 0.15) is 0 Å². The van der Waals surface area contributed by atoms with Gasteiger partial charge in [-0.25, -0.2) is 0 Å². The maximum Gasteiger partial charge on any atom is 0.153 e. The van der Waals surface area contributed by atoms with Gasteiger partial charge in [-0.2, -0.15) is 0 Å². The highest BCUT2D eigenvalue weighted by atomic mass is 16.1. The molecule has 14 heavy (non-hydrogen) atoms. The van der Waals surface area contributed by atoms with Crippen molar-refractivity contribution in [2.24, 2.45) is 5.92 Å². The van der Waals surface area contributed by atoms with Crippen molar-refractivity contribution in [3.63, 3.8) is 0 Å². The van der Waals surface area contributed by atoms with Gasteiger partial charge in [0.15, 0.2) is 5.78 Å². The van der Waals surface area contributed by atoms with E-state index in [0.29, 0.717) is 5.78 Å². The van der Waals surface area contributed by atoms with Gasteiger partial charge < -0.3 is 0 Å². The number of nitrogens with zero attached hydrogens (tertiary/aromatic N) is 1. The third kappa shape index (κ3) is 1.72. The van der Waals surface area contributed by atoms with Gasteiger partial charge in [-0.05, 0) is 45.7 Å². The highest BCUT2D eigenvalue weighted by molar-refractivity contribution is 5.89. The molecular formula is C12H21NO. The van der Waals surface area contributed by atoms with Crippen LogP contribution in [0, 0.1) is 5.92 Å². The first-order chi connectivity index (χ1) is 6.65. The molecule has 0 spiro atoms. The number of hydrogen-bond donors (Lipinski definition) is 0. The van der Waals surface area contributed by atoms with Crippen LogP contribution < -0.4 is 0 Å². The van der Waals surface area contributed by atoms with Crippen molar-refractivity contribution >= 4 is 5.78 Å². The Morgan fingerprint density at radius 1 is 1.29 bits per heavy atom. The Labute approximate surface area is 86.7 Å². The average molecular weight is 195 g/mol. The van der Waals surface area contributed by atoms with E-state index in [9.17, 15) is 4.79 Å². The second-order valence-electron chi connectivity index (χ2n) is 5.20. The van der Waals surface area contributed by atoms with Crippen molar-refractivity contribution in [3.05, 3.63) is 0 Å². The molecule has 0 radical (unpaired) electrons. The number of hydrogen-bond acceptors (Lipinski definition) is 2. The zero-order valence-corrected chi connectivity index (χ0v) is 9.38. The van der Waals surface area contributed by atoms with E-state index in [4.69, 9.17) is 0 Å². The van der Waals surface area contributed by atoms with E-state index in [2.05, 4.69) is 19.0 Å². The van der Waals surface area contributed by atoms with E-state index in [0.717, 1.165) is 25.2 Å². The molecule has 0 atom stereocenters. The van der Waals surface area contributed by atoms with Crippen LogP contribution >= 0.6 is 0 Å². The topological polar surface area (TPSA) is 20.3 Å². The van der Waals surface area contributed by atoms with Crippen LogP contribution in [0.1, 0.15) is 44.9 Å². The number of likely N-dealkylation sites (N-methyl/N-ethyl adjacent to an activating group) is 1. The molecule has 0 unspecified atom stereocenters. The molecule has 0 amide bonds. The second-order valence-corrected chi connectivity index (χ2v) is 5.20. The number of rotatable bonds is 4. The first-order valence-corrected chi connectivity index (χ1v) is 5.86. The molecule has 2 nitrogen and oxygen atoms in total. The maximum absolute atomic E-state index is 12.2. The summed E-state index contributed by atoms with van der Waals surface area (Å²) in [5.74, 6) is 1.25. The van der Waals surface area contributed by atoms with Crippen LogP contribution in [0.5, 0.6) is 0 Å². The Morgan fingerprint density at radius 3 is 2.29 bits per heavy atom. The Balaban J connectivity index is 2.04. The van der Waals surface area contributed by atoms with Gasteiger partial charge in [0.2, 0.25) is 0 Å². The van der Waals surface area contributed by atoms with Crippen LogP contribution in [0.25, 0.3) is 0 Å². The first kappa shape index (κ1) is 10.2. The van der Waals surface area contributed by atoms with Gasteiger partial charge in [0.25, 0.3) is 0 Å². The molecule has 0 aliphatic heterocycles. The minimum Gasteiger partial charge on any atom is -0.298 e. The summed E-state index contributed by atoms with van der Waals surface area (Å²) in [6.07, 6.45) is 8.06. The summed E-state index contributed by atoms with van der Waals surface area (Å²) in [5.41, 5.74) is -0.0808. The molecule has 0 aromatic carbocycles. The lowest BCUT2D eigenvalue weighted by atomic mass is 9.87. The Hall–Kier alpha value is -0.370. The van der Waals surface area contributed by atoms with E-state index in [1.165, 1.54) is 25.7 Å². The largest absolute Gasteiger partial charge is 0.298 e. The summed E-state index contributed by atoms with van der Waals surface area (Å²) in [6.45, 7) is 0.